The Labute approximate surface area is 173 Å². The zero-order chi connectivity index (χ0) is 21.1. The molecule has 4 rings (SSSR count). The van der Waals surface area contributed by atoms with E-state index in [9.17, 15) is 9.59 Å². The minimum absolute atomic E-state index is 0.231. The highest BCUT2D eigenvalue weighted by molar-refractivity contribution is 5.93. The van der Waals surface area contributed by atoms with Crippen molar-refractivity contribution >= 4 is 11.8 Å². The van der Waals surface area contributed by atoms with Gasteiger partial charge >= 0.3 is 0 Å². The molecule has 30 heavy (non-hydrogen) atoms. The summed E-state index contributed by atoms with van der Waals surface area (Å²) in [6.45, 7) is 4.72. The molecule has 0 aliphatic carbocycles. The largest absolute Gasteiger partial charge is 0.491 e. The average molecular weight is 406 g/mol. The standard InChI is InChI=1S/C22H22N4O4/c1-14(24-20(27)17-8-5-6-10-23-17)21-25-19(15(2)30-21)22(28)26-11-12-29-18-9-4-3-7-16(18)13-26/h3-10,14H,11-13H2,1-2H3,(H,24,27)/t14-/m1/s1. The molecule has 0 saturated heterocycles. The topological polar surface area (TPSA) is 97.6 Å². The molecule has 0 spiro atoms. The van der Waals surface area contributed by atoms with Crippen molar-refractivity contribution in [2.45, 2.75) is 26.4 Å². The van der Waals surface area contributed by atoms with Crippen molar-refractivity contribution in [3.63, 3.8) is 0 Å². The van der Waals surface area contributed by atoms with E-state index in [1.807, 2.05) is 24.3 Å². The normalized spacial score (nSPS) is 14.3. The number of para-hydroxylation sites is 1. The molecular weight excluding hydrogens is 384 g/mol. The molecule has 0 bridgehead atoms. The molecule has 154 valence electrons. The number of aromatic nitrogens is 2. The van der Waals surface area contributed by atoms with Crippen molar-refractivity contribution < 1.29 is 18.7 Å². The molecule has 0 unspecified atom stereocenters. The maximum absolute atomic E-state index is 13.1. The van der Waals surface area contributed by atoms with E-state index < -0.39 is 6.04 Å². The number of nitrogens with zero attached hydrogens (tertiary/aromatic N) is 3. The van der Waals surface area contributed by atoms with Gasteiger partial charge < -0.3 is 19.4 Å². The predicted octanol–water partition coefficient (Wildman–Crippen LogP) is 2.90. The van der Waals surface area contributed by atoms with Crippen LogP contribution < -0.4 is 10.1 Å². The Bertz CT molecular complexity index is 1060. The smallest absolute Gasteiger partial charge is 0.276 e. The van der Waals surface area contributed by atoms with Crippen molar-refractivity contribution in [2.75, 3.05) is 13.2 Å². The average Bonchev–Trinajstić information content (AvgIpc) is 3.02. The fraction of sp³-hybridized carbons (Fsp3) is 0.273. The second kappa shape index (κ2) is 8.36. The van der Waals surface area contributed by atoms with E-state index >= 15 is 0 Å². The molecule has 0 fully saturated rings. The number of amides is 2. The van der Waals surface area contributed by atoms with Crippen molar-refractivity contribution in [2.24, 2.45) is 0 Å². The first-order valence-corrected chi connectivity index (χ1v) is 9.72. The number of carbonyl (C=O) groups is 2. The second-order valence-electron chi connectivity index (χ2n) is 7.05. The maximum Gasteiger partial charge on any atom is 0.276 e. The third-order valence-electron chi connectivity index (χ3n) is 4.87. The Kier molecular flexibility index (Phi) is 5.47. The number of ether oxygens (including phenoxy) is 1. The molecule has 1 aliphatic heterocycles. The Morgan fingerprint density at radius 1 is 1.17 bits per heavy atom. The van der Waals surface area contributed by atoms with Crippen LogP contribution in [0.1, 0.15) is 51.2 Å². The van der Waals surface area contributed by atoms with Crippen LogP contribution in [0.15, 0.2) is 53.1 Å². The zero-order valence-electron chi connectivity index (χ0n) is 16.8. The van der Waals surface area contributed by atoms with Gasteiger partial charge in [-0.05, 0) is 32.0 Å². The van der Waals surface area contributed by atoms with Crippen molar-refractivity contribution in [3.8, 4) is 5.75 Å². The van der Waals surface area contributed by atoms with E-state index in [1.165, 1.54) is 0 Å². The maximum atomic E-state index is 13.1. The SMILES string of the molecule is Cc1oc([C@@H](C)NC(=O)c2ccccn2)nc1C(=O)N1CCOc2ccccc2C1. The predicted molar refractivity (Wildman–Crippen MR) is 108 cm³/mol. The van der Waals surface area contributed by atoms with Crippen LogP contribution >= 0.6 is 0 Å². The lowest BCUT2D eigenvalue weighted by atomic mass is 10.2. The molecule has 1 aliphatic rings. The van der Waals surface area contributed by atoms with Gasteiger partial charge in [0.05, 0.1) is 6.54 Å². The van der Waals surface area contributed by atoms with Crippen LogP contribution in [-0.4, -0.2) is 39.8 Å². The van der Waals surface area contributed by atoms with E-state index in [1.54, 1.807) is 43.1 Å². The van der Waals surface area contributed by atoms with Crippen LogP contribution in [0.4, 0.5) is 0 Å². The van der Waals surface area contributed by atoms with E-state index in [2.05, 4.69) is 15.3 Å². The number of rotatable bonds is 4. The van der Waals surface area contributed by atoms with Gasteiger partial charge in [0, 0.05) is 18.3 Å². The van der Waals surface area contributed by atoms with Gasteiger partial charge in [-0.2, -0.15) is 0 Å². The zero-order valence-corrected chi connectivity index (χ0v) is 16.8. The monoisotopic (exact) mass is 406 g/mol. The lowest BCUT2D eigenvalue weighted by Crippen LogP contribution is -2.33. The molecule has 8 heteroatoms. The van der Waals surface area contributed by atoms with Crippen LogP contribution in [0.3, 0.4) is 0 Å². The summed E-state index contributed by atoms with van der Waals surface area (Å²) in [7, 11) is 0. The molecule has 1 aromatic carbocycles. The number of carbonyl (C=O) groups excluding carboxylic acids is 2. The van der Waals surface area contributed by atoms with E-state index in [0.717, 1.165) is 11.3 Å². The minimum atomic E-state index is -0.520. The van der Waals surface area contributed by atoms with Crippen LogP contribution in [-0.2, 0) is 6.54 Å². The third-order valence-corrected chi connectivity index (χ3v) is 4.87. The molecular formula is C22H22N4O4. The fourth-order valence-corrected chi connectivity index (χ4v) is 3.28. The molecule has 0 radical (unpaired) electrons. The molecule has 2 aromatic heterocycles. The van der Waals surface area contributed by atoms with E-state index in [0.29, 0.717) is 31.2 Å². The summed E-state index contributed by atoms with van der Waals surface area (Å²) >= 11 is 0. The first-order chi connectivity index (χ1) is 14.5. The number of pyridine rings is 1. The van der Waals surface area contributed by atoms with Gasteiger partial charge in [0.2, 0.25) is 5.89 Å². The highest BCUT2D eigenvalue weighted by atomic mass is 16.5. The fourth-order valence-electron chi connectivity index (χ4n) is 3.28. The quantitative estimate of drug-likeness (QED) is 0.716. The van der Waals surface area contributed by atoms with E-state index in [-0.39, 0.29) is 23.4 Å². The van der Waals surface area contributed by atoms with Gasteiger partial charge in [-0.25, -0.2) is 4.98 Å². The number of oxazole rings is 1. The number of hydrogen-bond acceptors (Lipinski definition) is 6. The summed E-state index contributed by atoms with van der Waals surface area (Å²) in [5, 5.41) is 2.79. The number of nitrogens with one attached hydrogen (secondary N) is 1. The van der Waals surface area contributed by atoms with Crippen molar-refractivity contribution in [1.29, 1.82) is 0 Å². The summed E-state index contributed by atoms with van der Waals surface area (Å²) in [6, 6.07) is 12.2. The van der Waals surface area contributed by atoms with Crippen molar-refractivity contribution in [1.82, 2.24) is 20.2 Å². The molecule has 8 nitrogen and oxygen atoms in total. The molecule has 2 amide bonds. The number of benzene rings is 1. The Balaban J connectivity index is 1.49. The summed E-state index contributed by atoms with van der Waals surface area (Å²) in [4.78, 5) is 35.5. The minimum Gasteiger partial charge on any atom is -0.491 e. The third kappa shape index (κ3) is 4.03. The second-order valence-corrected chi connectivity index (χ2v) is 7.05. The first-order valence-electron chi connectivity index (χ1n) is 9.72. The molecule has 1 atom stereocenters. The molecule has 3 aromatic rings. The van der Waals surface area contributed by atoms with Gasteiger partial charge in [0.25, 0.3) is 11.8 Å². The molecule has 3 heterocycles. The van der Waals surface area contributed by atoms with Gasteiger partial charge in [0.1, 0.15) is 29.9 Å². The van der Waals surface area contributed by atoms with Gasteiger partial charge in [-0.3, -0.25) is 14.6 Å². The Hall–Kier alpha value is -3.68. The van der Waals surface area contributed by atoms with Crippen LogP contribution in [0, 0.1) is 6.92 Å². The first kappa shape index (κ1) is 19.6. The summed E-state index contributed by atoms with van der Waals surface area (Å²) in [5.74, 6) is 0.898. The number of aryl methyl sites for hydroxylation is 1. The summed E-state index contributed by atoms with van der Waals surface area (Å²) < 4.78 is 11.4. The van der Waals surface area contributed by atoms with Crippen molar-refractivity contribution in [3.05, 3.63) is 77.3 Å². The number of hydrogen-bond donors (Lipinski definition) is 1. The Morgan fingerprint density at radius 3 is 2.77 bits per heavy atom. The van der Waals surface area contributed by atoms with E-state index in [4.69, 9.17) is 9.15 Å². The summed E-state index contributed by atoms with van der Waals surface area (Å²) in [6.07, 6.45) is 1.55. The lowest BCUT2D eigenvalue weighted by Gasteiger charge is -2.18. The molecule has 0 saturated carbocycles. The Morgan fingerprint density at radius 2 is 1.97 bits per heavy atom. The highest BCUT2D eigenvalue weighted by Gasteiger charge is 2.27. The van der Waals surface area contributed by atoms with Crippen LogP contribution in [0.25, 0.3) is 0 Å². The lowest BCUT2D eigenvalue weighted by molar-refractivity contribution is 0.0726. The molecule has 1 N–H and O–H groups in total. The van der Waals surface area contributed by atoms with Gasteiger partial charge in [0.15, 0.2) is 5.69 Å². The van der Waals surface area contributed by atoms with Gasteiger partial charge in [-0.1, -0.05) is 24.3 Å². The highest BCUT2D eigenvalue weighted by Crippen LogP contribution is 2.25. The van der Waals surface area contributed by atoms with Crippen LogP contribution in [0.2, 0.25) is 0 Å². The van der Waals surface area contributed by atoms with Crippen LogP contribution in [0.5, 0.6) is 5.75 Å². The van der Waals surface area contributed by atoms with Gasteiger partial charge in [-0.15, -0.1) is 0 Å². The summed E-state index contributed by atoms with van der Waals surface area (Å²) in [5.41, 5.74) is 1.48. The number of fused-ring (bicyclic) bond motifs is 1.